The van der Waals surface area contributed by atoms with Crippen LogP contribution in [0.2, 0.25) is 0 Å². The minimum Gasteiger partial charge on any atom is -0.394 e. The molecule has 0 saturated heterocycles. The fraction of sp³-hybridized carbons (Fsp3) is 0.286. The van der Waals surface area contributed by atoms with E-state index in [1.807, 2.05) is 18.2 Å². The van der Waals surface area contributed by atoms with Gasteiger partial charge in [0.05, 0.1) is 18.8 Å². The van der Waals surface area contributed by atoms with Crippen molar-refractivity contribution < 1.29 is 15.0 Å². The number of hydrogen-bond donors (Lipinski definition) is 3. The van der Waals surface area contributed by atoms with Gasteiger partial charge in [-0.05, 0) is 43.7 Å². The normalized spacial score (nSPS) is 12.3. The molecule has 3 N–H and O–H groups in total. The number of carbonyl (C=O) groups is 1. The molecule has 136 valence electrons. The first kappa shape index (κ1) is 18.2. The average molecular weight is 352 g/mol. The molecule has 3 aromatic rings. The van der Waals surface area contributed by atoms with Gasteiger partial charge in [-0.15, -0.1) is 0 Å². The predicted molar refractivity (Wildman–Crippen MR) is 105 cm³/mol. The van der Waals surface area contributed by atoms with E-state index in [9.17, 15) is 15.0 Å². The number of benzene rings is 2. The van der Waals surface area contributed by atoms with Crippen molar-refractivity contribution >= 4 is 33.8 Å². The molecule has 0 aliphatic carbocycles. The van der Waals surface area contributed by atoms with Crippen molar-refractivity contribution in [1.29, 1.82) is 0 Å². The third kappa shape index (κ3) is 3.36. The maximum Gasteiger partial charge on any atom is 0.244 e. The molecular formula is C21H24N2O3. The van der Waals surface area contributed by atoms with Crippen LogP contribution in [0.4, 0.5) is 0 Å². The molecule has 5 heteroatoms. The molecule has 0 spiro atoms. The molecule has 1 aromatic heterocycles. The van der Waals surface area contributed by atoms with Crippen LogP contribution in [0.25, 0.3) is 27.9 Å². The SMILES string of the molecule is CCn1c2ccccc2c2cc(C=CC(=O)NC(C)(CO)CO)ccc21. The molecule has 2 aromatic carbocycles. The van der Waals surface area contributed by atoms with Gasteiger partial charge < -0.3 is 20.1 Å². The van der Waals surface area contributed by atoms with Crippen LogP contribution in [0, 0.1) is 0 Å². The summed E-state index contributed by atoms with van der Waals surface area (Å²) in [5, 5.41) is 23.5. The van der Waals surface area contributed by atoms with Crippen molar-refractivity contribution in [2.45, 2.75) is 25.9 Å². The summed E-state index contributed by atoms with van der Waals surface area (Å²) in [6, 6.07) is 14.4. The van der Waals surface area contributed by atoms with E-state index in [2.05, 4.69) is 41.1 Å². The largest absolute Gasteiger partial charge is 0.394 e. The summed E-state index contributed by atoms with van der Waals surface area (Å²) in [5.74, 6) is -0.355. The van der Waals surface area contributed by atoms with Crippen LogP contribution < -0.4 is 5.32 Å². The second-order valence-electron chi connectivity index (χ2n) is 6.74. The maximum atomic E-state index is 12.1. The van der Waals surface area contributed by atoms with Gasteiger partial charge in [-0.2, -0.15) is 0 Å². The highest BCUT2D eigenvalue weighted by atomic mass is 16.3. The van der Waals surface area contributed by atoms with Gasteiger partial charge in [0.1, 0.15) is 0 Å². The molecule has 0 saturated carbocycles. The number of nitrogens with zero attached hydrogens (tertiary/aromatic N) is 1. The van der Waals surface area contributed by atoms with Crippen LogP contribution in [0.3, 0.4) is 0 Å². The van der Waals surface area contributed by atoms with Crippen LogP contribution in [0.15, 0.2) is 48.5 Å². The van der Waals surface area contributed by atoms with E-state index >= 15 is 0 Å². The third-order valence-corrected chi connectivity index (χ3v) is 4.66. The Bertz CT molecular complexity index is 968. The quantitative estimate of drug-likeness (QED) is 0.597. The molecule has 0 aliphatic rings. The zero-order valence-electron chi connectivity index (χ0n) is 15.1. The number of amides is 1. The Morgan fingerprint density at radius 2 is 1.81 bits per heavy atom. The first-order valence-electron chi connectivity index (χ1n) is 8.74. The molecular weight excluding hydrogens is 328 g/mol. The summed E-state index contributed by atoms with van der Waals surface area (Å²) in [5.41, 5.74) is 2.26. The van der Waals surface area contributed by atoms with Crippen molar-refractivity contribution in [2.75, 3.05) is 13.2 Å². The number of para-hydroxylation sites is 1. The number of aliphatic hydroxyl groups excluding tert-OH is 2. The number of aromatic nitrogens is 1. The molecule has 0 unspecified atom stereocenters. The van der Waals surface area contributed by atoms with Gasteiger partial charge in [0.2, 0.25) is 5.91 Å². The van der Waals surface area contributed by atoms with Crippen molar-refractivity contribution in [1.82, 2.24) is 9.88 Å². The second-order valence-corrected chi connectivity index (χ2v) is 6.74. The Morgan fingerprint density at radius 1 is 1.12 bits per heavy atom. The molecule has 0 aliphatic heterocycles. The van der Waals surface area contributed by atoms with Gasteiger partial charge in [0.15, 0.2) is 0 Å². The molecule has 0 fully saturated rings. The minimum absolute atomic E-state index is 0.328. The molecule has 1 heterocycles. The van der Waals surface area contributed by atoms with Crippen LogP contribution in [-0.2, 0) is 11.3 Å². The van der Waals surface area contributed by atoms with E-state index in [1.165, 1.54) is 22.5 Å². The number of aliphatic hydroxyl groups is 2. The monoisotopic (exact) mass is 352 g/mol. The van der Waals surface area contributed by atoms with Crippen molar-refractivity contribution in [2.24, 2.45) is 0 Å². The minimum atomic E-state index is -1.03. The fourth-order valence-electron chi connectivity index (χ4n) is 3.16. The lowest BCUT2D eigenvalue weighted by molar-refractivity contribution is -0.119. The van der Waals surface area contributed by atoms with E-state index in [4.69, 9.17) is 0 Å². The molecule has 0 bridgehead atoms. The lowest BCUT2D eigenvalue weighted by Gasteiger charge is -2.25. The number of fused-ring (bicyclic) bond motifs is 3. The summed E-state index contributed by atoms with van der Waals surface area (Å²) in [6.07, 6.45) is 3.16. The molecule has 3 rings (SSSR count). The summed E-state index contributed by atoms with van der Waals surface area (Å²) < 4.78 is 2.28. The molecule has 1 amide bonds. The number of hydrogen-bond acceptors (Lipinski definition) is 3. The Labute approximate surface area is 152 Å². The maximum absolute atomic E-state index is 12.1. The summed E-state index contributed by atoms with van der Waals surface area (Å²) >= 11 is 0. The lowest BCUT2D eigenvalue weighted by atomic mass is 10.1. The zero-order chi connectivity index (χ0) is 18.7. The topological polar surface area (TPSA) is 74.5 Å². The third-order valence-electron chi connectivity index (χ3n) is 4.66. The van der Waals surface area contributed by atoms with E-state index in [0.717, 1.165) is 17.5 Å². The van der Waals surface area contributed by atoms with E-state index < -0.39 is 5.54 Å². The number of nitrogens with one attached hydrogen (secondary N) is 1. The highest BCUT2D eigenvalue weighted by Crippen LogP contribution is 2.29. The molecule has 5 nitrogen and oxygen atoms in total. The van der Waals surface area contributed by atoms with Crippen LogP contribution in [0.1, 0.15) is 19.4 Å². The van der Waals surface area contributed by atoms with E-state index in [-0.39, 0.29) is 19.1 Å². The number of aryl methyl sites for hydroxylation is 1. The van der Waals surface area contributed by atoms with Gasteiger partial charge in [0, 0.05) is 34.4 Å². The van der Waals surface area contributed by atoms with Crippen LogP contribution >= 0.6 is 0 Å². The first-order valence-corrected chi connectivity index (χ1v) is 8.74. The van der Waals surface area contributed by atoms with Gasteiger partial charge in [-0.1, -0.05) is 24.3 Å². The lowest BCUT2D eigenvalue weighted by Crippen LogP contribution is -2.51. The standard InChI is InChI=1S/C21H24N2O3/c1-3-23-18-7-5-4-6-16(18)17-12-15(8-10-19(17)23)9-11-20(26)22-21(2,13-24)14-25/h4-12,24-25H,3,13-14H2,1-2H3,(H,22,26). The van der Waals surface area contributed by atoms with Crippen molar-refractivity contribution in [3.05, 3.63) is 54.1 Å². The Morgan fingerprint density at radius 3 is 2.50 bits per heavy atom. The van der Waals surface area contributed by atoms with Gasteiger partial charge >= 0.3 is 0 Å². The predicted octanol–water partition coefficient (Wildman–Crippen LogP) is 2.69. The Kier molecular flexibility index (Phi) is 5.11. The smallest absolute Gasteiger partial charge is 0.244 e. The Hall–Kier alpha value is -2.63. The molecule has 0 atom stereocenters. The van der Waals surface area contributed by atoms with Crippen molar-refractivity contribution in [3.63, 3.8) is 0 Å². The van der Waals surface area contributed by atoms with E-state index in [1.54, 1.807) is 13.0 Å². The fourth-order valence-corrected chi connectivity index (χ4v) is 3.16. The highest BCUT2D eigenvalue weighted by Gasteiger charge is 2.23. The van der Waals surface area contributed by atoms with Crippen LogP contribution in [0.5, 0.6) is 0 Å². The highest BCUT2D eigenvalue weighted by molar-refractivity contribution is 6.08. The average Bonchev–Trinajstić information content (AvgIpc) is 2.99. The Balaban J connectivity index is 1.92. The van der Waals surface area contributed by atoms with Crippen molar-refractivity contribution in [3.8, 4) is 0 Å². The van der Waals surface area contributed by atoms with Gasteiger partial charge in [-0.3, -0.25) is 4.79 Å². The molecule has 26 heavy (non-hydrogen) atoms. The molecule has 0 radical (unpaired) electrons. The van der Waals surface area contributed by atoms with Gasteiger partial charge in [0.25, 0.3) is 0 Å². The number of rotatable bonds is 6. The van der Waals surface area contributed by atoms with Crippen LogP contribution in [-0.4, -0.2) is 39.4 Å². The number of carbonyl (C=O) groups excluding carboxylic acids is 1. The second kappa shape index (κ2) is 7.32. The summed E-state index contributed by atoms with van der Waals surface area (Å²) in [7, 11) is 0. The van der Waals surface area contributed by atoms with Gasteiger partial charge in [-0.25, -0.2) is 0 Å². The zero-order valence-corrected chi connectivity index (χ0v) is 15.1. The summed E-state index contributed by atoms with van der Waals surface area (Å²) in [4.78, 5) is 12.1. The van der Waals surface area contributed by atoms with E-state index in [0.29, 0.717) is 0 Å². The summed E-state index contributed by atoms with van der Waals surface area (Å²) in [6.45, 7) is 3.95. The first-order chi connectivity index (χ1) is 12.5.